The van der Waals surface area contributed by atoms with Crippen LogP contribution in [0.5, 0.6) is 5.75 Å². The Hall–Kier alpha value is -2.20. The van der Waals surface area contributed by atoms with Crippen LogP contribution in [0.15, 0.2) is 18.2 Å². The van der Waals surface area contributed by atoms with Gasteiger partial charge < -0.3 is 25.4 Å². The normalized spacial score (nSPS) is 19.5. The minimum atomic E-state index is -4.82. The molecule has 0 aromatic heterocycles. The van der Waals surface area contributed by atoms with Crippen molar-refractivity contribution in [3.63, 3.8) is 0 Å². The molecule has 0 bridgehead atoms. The number of likely N-dealkylation sites (tertiary alicyclic amines) is 1. The fraction of sp³-hybridized carbons (Fsp3) is 0.619. The van der Waals surface area contributed by atoms with E-state index < -0.39 is 18.2 Å². The maximum atomic E-state index is 12.3. The van der Waals surface area contributed by atoms with E-state index in [4.69, 9.17) is 11.6 Å². The first kappa shape index (κ1) is 24.4. The first-order valence-corrected chi connectivity index (χ1v) is 11.0. The highest BCUT2D eigenvalue weighted by molar-refractivity contribution is 6.32. The Morgan fingerprint density at radius 2 is 1.97 bits per heavy atom. The minimum absolute atomic E-state index is 0.00899. The van der Waals surface area contributed by atoms with Crippen LogP contribution >= 0.6 is 11.6 Å². The maximum Gasteiger partial charge on any atom is 0.573 e. The van der Waals surface area contributed by atoms with E-state index in [1.807, 2.05) is 0 Å². The van der Waals surface area contributed by atoms with E-state index in [0.29, 0.717) is 38.2 Å². The average Bonchev–Trinajstić information content (AvgIpc) is 3.49. The summed E-state index contributed by atoms with van der Waals surface area (Å²) in [6.45, 7) is 1.69. The second-order valence-electron chi connectivity index (χ2n) is 8.29. The van der Waals surface area contributed by atoms with Crippen LogP contribution in [0.2, 0.25) is 5.02 Å². The van der Waals surface area contributed by atoms with Gasteiger partial charge >= 0.3 is 6.36 Å². The van der Waals surface area contributed by atoms with E-state index in [-0.39, 0.29) is 35.2 Å². The van der Waals surface area contributed by atoms with E-state index in [0.717, 1.165) is 25.3 Å². The lowest BCUT2D eigenvalue weighted by molar-refractivity contribution is -0.274. The molecule has 2 aliphatic rings. The molecule has 2 amide bonds. The van der Waals surface area contributed by atoms with Crippen molar-refractivity contribution >= 4 is 29.1 Å². The van der Waals surface area contributed by atoms with Gasteiger partial charge in [0.25, 0.3) is 0 Å². The van der Waals surface area contributed by atoms with Gasteiger partial charge in [-0.15, -0.1) is 13.2 Å². The number of nitrogens with zero attached hydrogens (tertiary/aromatic N) is 1. The third-order valence-corrected chi connectivity index (χ3v) is 6.25. The third kappa shape index (κ3) is 6.90. The second kappa shape index (κ2) is 10.2. The second-order valence-corrected chi connectivity index (χ2v) is 8.70. The number of aliphatic hydroxyl groups is 1. The number of amides is 2. The molecule has 1 saturated carbocycles. The van der Waals surface area contributed by atoms with Crippen molar-refractivity contribution in [3.8, 4) is 5.75 Å². The van der Waals surface area contributed by atoms with Gasteiger partial charge in [0.2, 0.25) is 11.8 Å². The predicted molar refractivity (Wildman–Crippen MR) is 112 cm³/mol. The molecular weight excluding hydrogens is 451 g/mol. The summed E-state index contributed by atoms with van der Waals surface area (Å²) in [4.78, 5) is 25.9. The van der Waals surface area contributed by atoms with Crippen molar-refractivity contribution in [2.75, 3.05) is 31.5 Å². The van der Waals surface area contributed by atoms with Gasteiger partial charge in [-0.2, -0.15) is 0 Å². The third-order valence-electron chi connectivity index (χ3n) is 5.95. The van der Waals surface area contributed by atoms with Crippen molar-refractivity contribution in [2.45, 2.75) is 51.0 Å². The number of β-amino-alcohol motifs (C(OH)–C–C–N with tert-alkyl or cyclic N) is 1. The van der Waals surface area contributed by atoms with E-state index in [1.54, 1.807) is 4.90 Å². The molecule has 1 spiro atoms. The molecule has 1 aromatic carbocycles. The highest BCUT2D eigenvalue weighted by Crippen LogP contribution is 2.53. The standard InChI is InChI=1S/C21H27ClF3N3O4/c22-15-12-14(3-4-16(15)32-21(23,24)25)26-10-5-18(30)27-9-1-2-19(31)28-11-8-20(6-7-20)17(29)13-28/h3-4,12,17,26,29H,1-2,5-11,13H2,(H,27,30)/t17-/m1/s1. The zero-order valence-electron chi connectivity index (χ0n) is 17.5. The van der Waals surface area contributed by atoms with Crippen LogP contribution in [-0.2, 0) is 9.59 Å². The zero-order valence-corrected chi connectivity index (χ0v) is 18.3. The highest BCUT2D eigenvalue weighted by Gasteiger charge is 2.51. The van der Waals surface area contributed by atoms with Crippen molar-refractivity contribution in [1.82, 2.24) is 10.2 Å². The number of nitrogens with one attached hydrogen (secondary N) is 2. The lowest BCUT2D eigenvalue weighted by Gasteiger charge is -2.36. The first-order valence-electron chi connectivity index (χ1n) is 10.6. The Labute approximate surface area is 189 Å². The predicted octanol–water partition coefficient (Wildman–Crippen LogP) is 3.31. The van der Waals surface area contributed by atoms with Gasteiger partial charge in [-0.05, 0) is 49.3 Å². The SMILES string of the molecule is O=C(CCNc1ccc(OC(F)(F)F)c(Cl)c1)NCCCC(=O)N1CCC2(CC2)[C@H](O)C1. The average molecular weight is 478 g/mol. The molecular formula is C21H27ClF3N3O4. The van der Waals surface area contributed by atoms with Gasteiger partial charge in [0.15, 0.2) is 0 Å². The van der Waals surface area contributed by atoms with Crippen LogP contribution in [0.3, 0.4) is 0 Å². The molecule has 1 saturated heterocycles. The number of benzene rings is 1. The smallest absolute Gasteiger partial charge is 0.404 e. The Morgan fingerprint density at radius 1 is 1.22 bits per heavy atom. The Bertz CT molecular complexity index is 833. The molecule has 3 N–H and O–H groups in total. The van der Waals surface area contributed by atoms with Crippen molar-refractivity contribution in [2.24, 2.45) is 5.41 Å². The van der Waals surface area contributed by atoms with E-state index in [1.165, 1.54) is 12.1 Å². The number of hydrogen-bond donors (Lipinski definition) is 3. The summed E-state index contributed by atoms with van der Waals surface area (Å²) in [6, 6.07) is 3.76. The number of halogens is 4. The van der Waals surface area contributed by atoms with Crippen molar-refractivity contribution < 1.29 is 32.6 Å². The molecule has 11 heteroatoms. The summed E-state index contributed by atoms with van der Waals surface area (Å²) in [5.74, 6) is -0.717. The zero-order chi connectivity index (χ0) is 23.4. The molecule has 2 fully saturated rings. The van der Waals surface area contributed by atoms with Gasteiger partial charge in [-0.1, -0.05) is 11.6 Å². The number of carbonyl (C=O) groups excluding carboxylic acids is 2. The largest absolute Gasteiger partial charge is 0.573 e. The van der Waals surface area contributed by atoms with Gasteiger partial charge in [-0.25, -0.2) is 0 Å². The van der Waals surface area contributed by atoms with Crippen LogP contribution in [0.4, 0.5) is 18.9 Å². The molecule has 1 atom stereocenters. The topological polar surface area (TPSA) is 90.9 Å². The number of rotatable bonds is 9. The summed E-state index contributed by atoms with van der Waals surface area (Å²) < 4.78 is 40.6. The van der Waals surface area contributed by atoms with E-state index in [9.17, 15) is 27.9 Å². The lowest BCUT2D eigenvalue weighted by atomic mass is 9.90. The summed E-state index contributed by atoms with van der Waals surface area (Å²) in [5, 5.41) is 15.6. The maximum absolute atomic E-state index is 12.3. The number of carbonyl (C=O) groups is 2. The molecule has 0 radical (unpaired) electrons. The summed E-state index contributed by atoms with van der Waals surface area (Å²) >= 11 is 5.78. The molecule has 32 heavy (non-hydrogen) atoms. The number of alkyl halides is 3. The molecule has 1 heterocycles. The van der Waals surface area contributed by atoms with Gasteiger partial charge in [0.1, 0.15) is 5.75 Å². The number of piperidine rings is 1. The van der Waals surface area contributed by atoms with Crippen molar-refractivity contribution in [1.29, 1.82) is 0 Å². The first-order chi connectivity index (χ1) is 15.1. The van der Waals surface area contributed by atoms with Crippen LogP contribution in [0.25, 0.3) is 0 Å². The highest BCUT2D eigenvalue weighted by atomic mass is 35.5. The molecule has 1 aliphatic heterocycles. The number of aliphatic hydroxyl groups excluding tert-OH is 1. The molecule has 0 unspecified atom stereocenters. The molecule has 1 aliphatic carbocycles. The van der Waals surface area contributed by atoms with Crippen LogP contribution in [0.1, 0.15) is 38.5 Å². The van der Waals surface area contributed by atoms with Crippen LogP contribution in [0, 0.1) is 5.41 Å². The Balaban J connectivity index is 1.28. The lowest BCUT2D eigenvalue weighted by Crippen LogP contribution is -2.47. The van der Waals surface area contributed by atoms with Gasteiger partial charge in [-0.3, -0.25) is 9.59 Å². The van der Waals surface area contributed by atoms with E-state index in [2.05, 4.69) is 15.4 Å². The van der Waals surface area contributed by atoms with E-state index >= 15 is 0 Å². The molecule has 1 aromatic rings. The molecule has 3 rings (SSSR count). The fourth-order valence-electron chi connectivity index (χ4n) is 3.84. The van der Waals surface area contributed by atoms with Gasteiger partial charge in [0, 0.05) is 44.7 Å². The minimum Gasteiger partial charge on any atom is -0.404 e. The number of anilines is 1. The quantitative estimate of drug-likeness (QED) is 0.475. The monoisotopic (exact) mass is 477 g/mol. The van der Waals surface area contributed by atoms with Crippen LogP contribution in [-0.4, -0.2) is 60.5 Å². The molecule has 7 nitrogen and oxygen atoms in total. The summed E-state index contributed by atoms with van der Waals surface area (Å²) in [6.07, 6.45) is -1.36. The van der Waals surface area contributed by atoms with Gasteiger partial charge in [0.05, 0.1) is 11.1 Å². The number of ether oxygens (including phenoxy) is 1. The van der Waals surface area contributed by atoms with Crippen LogP contribution < -0.4 is 15.4 Å². The Kier molecular flexibility index (Phi) is 7.76. The number of hydrogen-bond acceptors (Lipinski definition) is 5. The van der Waals surface area contributed by atoms with Crippen molar-refractivity contribution in [3.05, 3.63) is 23.2 Å². The molecule has 178 valence electrons. The Morgan fingerprint density at radius 3 is 2.59 bits per heavy atom. The summed E-state index contributed by atoms with van der Waals surface area (Å²) in [7, 11) is 0. The fourth-order valence-corrected chi connectivity index (χ4v) is 4.06. The summed E-state index contributed by atoms with van der Waals surface area (Å²) in [5.41, 5.74) is 0.517.